The van der Waals surface area contributed by atoms with Crippen molar-refractivity contribution >= 4 is 22.7 Å². The molecule has 4 rings (SSSR count). The highest BCUT2D eigenvalue weighted by Crippen LogP contribution is 2.60. The Morgan fingerprint density at radius 1 is 1.15 bits per heavy atom. The van der Waals surface area contributed by atoms with Crippen molar-refractivity contribution in [2.75, 3.05) is 0 Å². The highest BCUT2D eigenvalue weighted by molar-refractivity contribution is 8.13. The van der Waals surface area contributed by atoms with Gasteiger partial charge in [-0.15, -0.1) is 0 Å². The van der Waals surface area contributed by atoms with Crippen LogP contribution in [0.25, 0.3) is 0 Å². The molecule has 26 heavy (non-hydrogen) atoms. The van der Waals surface area contributed by atoms with Crippen molar-refractivity contribution in [1.29, 1.82) is 0 Å². The summed E-state index contributed by atoms with van der Waals surface area (Å²) >= 11 is 1.25. The zero-order valence-electron chi connectivity index (χ0n) is 14.8. The summed E-state index contributed by atoms with van der Waals surface area (Å²) in [5, 5.41) is 11.7. The van der Waals surface area contributed by atoms with Crippen LogP contribution in [0.1, 0.15) is 47.7 Å². The highest BCUT2D eigenvalue weighted by Gasteiger charge is 2.65. The van der Waals surface area contributed by atoms with E-state index in [0.29, 0.717) is 29.7 Å². The Morgan fingerprint density at radius 3 is 2.62 bits per heavy atom. The van der Waals surface area contributed by atoms with Gasteiger partial charge in [-0.2, -0.15) is 0 Å². The third-order valence-electron chi connectivity index (χ3n) is 6.11. The van der Waals surface area contributed by atoms with Crippen LogP contribution in [0.15, 0.2) is 54.6 Å². The average molecular weight is 366 g/mol. The second-order valence-corrected chi connectivity index (χ2v) is 8.49. The Balaban J connectivity index is 1.67. The van der Waals surface area contributed by atoms with Gasteiger partial charge in [-0.3, -0.25) is 9.59 Å². The molecule has 1 fully saturated rings. The Bertz CT molecular complexity index is 863. The van der Waals surface area contributed by atoms with Gasteiger partial charge in [0.05, 0.1) is 11.3 Å². The minimum absolute atomic E-state index is 0.0215. The van der Waals surface area contributed by atoms with Gasteiger partial charge in [0.2, 0.25) is 0 Å². The molecule has 2 aromatic carbocycles. The minimum atomic E-state index is -1.40. The third-order valence-corrected chi connectivity index (χ3v) is 7.15. The zero-order chi connectivity index (χ0) is 18.4. The van der Waals surface area contributed by atoms with E-state index < -0.39 is 16.9 Å². The van der Waals surface area contributed by atoms with Gasteiger partial charge in [-0.25, -0.2) is 0 Å². The van der Waals surface area contributed by atoms with Crippen LogP contribution in [0.3, 0.4) is 0 Å². The summed E-state index contributed by atoms with van der Waals surface area (Å²) in [5.41, 5.74) is -0.0298. The number of Topliss-reactive ketones (excluding diaryl/α,β-unsaturated/α-hetero) is 1. The molecule has 2 aromatic rings. The second kappa shape index (κ2) is 6.36. The summed E-state index contributed by atoms with van der Waals surface area (Å²) in [4.78, 5) is 26.1. The SMILES string of the molecule is C[C@]12CCC[C@H](C(=O)SCc3ccccc3)[C@@]1(O)c1ccccc1C2=O. The number of hydrogen-bond donors (Lipinski definition) is 1. The molecule has 0 amide bonds. The molecule has 4 heteroatoms. The number of aliphatic hydroxyl groups is 1. The monoisotopic (exact) mass is 366 g/mol. The Morgan fingerprint density at radius 2 is 1.85 bits per heavy atom. The molecule has 1 N–H and O–H groups in total. The first-order valence-corrected chi connectivity index (χ1v) is 10.0. The van der Waals surface area contributed by atoms with Gasteiger partial charge in [-0.05, 0) is 30.9 Å². The molecule has 2 aliphatic rings. The fourth-order valence-corrected chi connectivity index (χ4v) is 5.63. The van der Waals surface area contributed by atoms with E-state index >= 15 is 0 Å². The van der Waals surface area contributed by atoms with Crippen molar-refractivity contribution in [3.05, 3.63) is 71.3 Å². The Kier molecular flexibility index (Phi) is 4.28. The molecule has 0 bridgehead atoms. The lowest BCUT2D eigenvalue weighted by molar-refractivity contribution is -0.146. The first kappa shape index (κ1) is 17.5. The third kappa shape index (κ3) is 2.39. The number of fused-ring (bicyclic) bond motifs is 3. The second-order valence-electron chi connectivity index (χ2n) is 7.51. The molecule has 3 atom stereocenters. The average Bonchev–Trinajstić information content (AvgIpc) is 2.85. The number of benzene rings is 2. The first-order valence-electron chi connectivity index (χ1n) is 9.06. The smallest absolute Gasteiger partial charge is 0.195 e. The molecule has 0 radical (unpaired) electrons. The van der Waals surface area contributed by atoms with Crippen LogP contribution in [-0.4, -0.2) is 16.0 Å². The van der Waals surface area contributed by atoms with E-state index in [1.807, 2.05) is 55.5 Å². The molecular weight excluding hydrogens is 344 g/mol. The van der Waals surface area contributed by atoms with Crippen LogP contribution in [0.2, 0.25) is 0 Å². The standard InChI is InChI=1S/C22H22O3S/c1-21-13-7-12-18(20(24)26-14-15-8-3-2-4-9-15)22(21,25)17-11-6-5-10-16(17)19(21)23/h2-6,8-11,18,25H,7,12-14H2,1H3/t18-,21-,22+/m1/s1. The Labute approximate surface area is 157 Å². The Hall–Kier alpha value is -1.91. The summed E-state index contributed by atoms with van der Waals surface area (Å²) < 4.78 is 0. The van der Waals surface area contributed by atoms with E-state index in [2.05, 4.69) is 0 Å². The summed E-state index contributed by atoms with van der Waals surface area (Å²) in [6, 6.07) is 17.1. The normalized spacial score (nSPS) is 29.9. The van der Waals surface area contributed by atoms with Gasteiger partial charge >= 0.3 is 0 Å². The van der Waals surface area contributed by atoms with E-state index in [-0.39, 0.29) is 10.9 Å². The van der Waals surface area contributed by atoms with E-state index in [0.717, 1.165) is 12.0 Å². The van der Waals surface area contributed by atoms with Crippen molar-refractivity contribution in [1.82, 2.24) is 0 Å². The van der Waals surface area contributed by atoms with Gasteiger partial charge in [-0.1, -0.05) is 72.8 Å². The fourth-order valence-electron chi connectivity index (χ4n) is 4.64. The van der Waals surface area contributed by atoms with Gasteiger partial charge < -0.3 is 5.11 Å². The number of carbonyl (C=O) groups is 2. The van der Waals surface area contributed by atoms with E-state index in [9.17, 15) is 14.7 Å². The maximum atomic E-state index is 13.1. The molecule has 0 unspecified atom stereocenters. The van der Waals surface area contributed by atoms with Crippen molar-refractivity contribution < 1.29 is 14.7 Å². The van der Waals surface area contributed by atoms with Gasteiger partial charge in [0.25, 0.3) is 0 Å². The molecular formula is C22H22O3S. The molecule has 2 aliphatic carbocycles. The van der Waals surface area contributed by atoms with Crippen molar-refractivity contribution in [3.8, 4) is 0 Å². The molecule has 0 heterocycles. The van der Waals surface area contributed by atoms with Crippen LogP contribution in [0.4, 0.5) is 0 Å². The predicted octanol–water partition coefficient (Wildman–Crippen LogP) is 4.34. The topological polar surface area (TPSA) is 54.4 Å². The van der Waals surface area contributed by atoms with Gasteiger partial charge in [0, 0.05) is 11.3 Å². The molecule has 0 spiro atoms. The van der Waals surface area contributed by atoms with Crippen LogP contribution in [0.5, 0.6) is 0 Å². The summed E-state index contributed by atoms with van der Waals surface area (Å²) in [6.45, 7) is 1.83. The number of carbonyl (C=O) groups excluding carboxylic acids is 2. The van der Waals surface area contributed by atoms with Crippen LogP contribution in [0, 0.1) is 11.3 Å². The lowest BCUT2D eigenvalue weighted by Gasteiger charge is -2.47. The molecule has 0 saturated heterocycles. The van der Waals surface area contributed by atoms with E-state index in [1.54, 1.807) is 6.07 Å². The summed E-state index contributed by atoms with van der Waals surface area (Å²) in [5.74, 6) is 0.00202. The predicted molar refractivity (Wildman–Crippen MR) is 103 cm³/mol. The first-order chi connectivity index (χ1) is 12.5. The lowest BCUT2D eigenvalue weighted by atomic mass is 9.59. The van der Waals surface area contributed by atoms with Crippen LogP contribution >= 0.6 is 11.8 Å². The van der Waals surface area contributed by atoms with Gasteiger partial charge in [0.15, 0.2) is 10.9 Å². The fraction of sp³-hybridized carbons (Fsp3) is 0.364. The number of thioether (sulfide) groups is 1. The number of ketones is 1. The lowest BCUT2D eigenvalue weighted by Crippen LogP contribution is -2.53. The van der Waals surface area contributed by atoms with Crippen molar-refractivity contribution in [3.63, 3.8) is 0 Å². The highest BCUT2D eigenvalue weighted by atomic mass is 32.2. The van der Waals surface area contributed by atoms with E-state index in [1.165, 1.54) is 11.8 Å². The maximum absolute atomic E-state index is 13.1. The maximum Gasteiger partial charge on any atom is 0.195 e. The largest absolute Gasteiger partial charge is 0.383 e. The molecule has 134 valence electrons. The number of rotatable bonds is 3. The molecule has 1 saturated carbocycles. The molecule has 3 nitrogen and oxygen atoms in total. The van der Waals surface area contributed by atoms with Gasteiger partial charge in [0.1, 0.15) is 5.60 Å². The van der Waals surface area contributed by atoms with Crippen LogP contribution < -0.4 is 0 Å². The van der Waals surface area contributed by atoms with Crippen LogP contribution in [-0.2, 0) is 16.1 Å². The zero-order valence-corrected chi connectivity index (χ0v) is 15.6. The minimum Gasteiger partial charge on any atom is -0.383 e. The van der Waals surface area contributed by atoms with Crippen molar-refractivity contribution in [2.24, 2.45) is 11.3 Å². The molecule has 0 aromatic heterocycles. The number of hydrogen-bond acceptors (Lipinski definition) is 4. The van der Waals surface area contributed by atoms with E-state index in [4.69, 9.17) is 0 Å². The van der Waals surface area contributed by atoms with Crippen molar-refractivity contribution in [2.45, 2.75) is 37.5 Å². The summed E-state index contributed by atoms with van der Waals surface area (Å²) in [7, 11) is 0. The summed E-state index contributed by atoms with van der Waals surface area (Å²) in [6.07, 6.45) is 2.01. The molecule has 0 aliphatic heterocycles. The quantitative estimate of drug-likeness (QED) is 0.878.